The fraction of sp³-hybridized carbons (Fsp3) is 0.600. The fourth-order valence-corrected chi connectivity index (χ4v) is 3.23. The van der Waals surface area contributed by atoms with Crippen LogP contribution in [-0.4, -0.2) is 43.6 Å². The van der Waals surface area contributed by atoms with Crippen LogP contribution in [0.15, 0.2) is 24.3 Å². The number of likely N-dealkylation sites (tertiary alicyclic amines) is 1. The summed E-state index contributed by atoms with van der Waals surface area (Å²) in [4.78, 5) is 26.3. The second kappa shape index (κ2) is 10.7. The summed E-state index contributed by atoms with van der Waals surface area (Å²) in [6.45, 7) is 4.08. The molecule has 1 aromatic carbocycles. The van der Waals surface area contributed by atoms with Gasteiger partial charge in [-0.25, -0.2) is 4.79 Å². The van der Waals surface area contributed by atoms with E-state index in [9.17, 15) is 9.59 Å². The molecule has 1 heterocycles. The van der Waals surface area contributed by atoms with Gasteiger partial charge in [0.1, 0.15) is 5.75 Å². The Hall–Kier alpha value is -2.24. The molecule has 0 aliphatic carbocycles. The van der Waals surface area contributed by atoms with E-state index in [1.807, 2.05) is 36.1 Å². The van der Waals surface area contributed by atoms with Gasteiger partial charge < -0.3 is 20.3 Å². The number of rotatable bonds is 7. The summed E-state index contributed by atoms with van der Waals surface area (Å²) in [5.41, 5.74) is 1.03. The minimum Gasteiger partial charge on any atom is -0.497 e. The van der Waals surface area contributed by atoms with Gasteiger partial charge in [0.05, 0.1) is 13.2 Å². The maximum absolute atomic E-state index is 12.2. The Morgan fingerprint density at radius 3 is 2.35 bits per heavy atom. The Kier molecular flexibility index (Phi) is 8.25. The van der Waals surface area contributed by atoms with Gasteiger partial charge in [-0.1, -0.05) is 31.9 Å². The molecule has 1 saturated heterocycles. The van der Waals surface area contributed by atoms with E-state index in [1.165, 1.54) is 12.8 Å². The van der Waals surface area contributed by atoms with Crippen molar-refractivity contribution in [3.8, 4) is 5.75 Å². The lowest BCUT2D eigenvalue weighted by Crippen LogP contribution is -2.40. The van der Waals surface area contributed by atoms with Gasteiger partial charge in [0.2, 0.25) is 5.91 Å². The number of nitrogens with zero attached hydrogens (tertiary/aromatic N) is 1. The van der Waals surface area contributed by atoms with Crippen LogP contribution < -0.4 is 15.4 Å². The second-order valence-electron chi connectivity index (χ2n) is 6.68. The number of amides is 3. The highest BCUT2D eigenvalue weighted by Gasteiger charge is 2.16. The van der Waals surface area contributed by atoms with Gasteiger partial charge in [-0.3, -0.25) is 4.79 Å². The summed E-state index contributed by atoms with van der Waals surface area (Å²) >= 11 is 0. The van der Waals surface area contributed by atoms with E-state index in [-0.39, 0.29) is 18.0 Å². The molecule has 144 valence electrons. The number of carbonyl (C=O) groups is 2. The number of urea groups is 1. The number of carbonyl (C=O) groups excluding carboxylic acids is 2. The molecule has 0 spiro atoms. The minimum absolute atomic E-state index is 0.0674. The first-order valence-electron chi connectivity index (χ1n) is 9.60. The summed E-state index contributed by atoms with van der Waals surface area (Å²) in [6, 6.07) is 7.37. The Balaban J connectivity index is 1.74. The molecule has 1 fully saturated rings. The third kappa shape index (κ3) is 6.24. The molecule has 1 unspecified atom stereocenters. The number of hydrogen-bond donors (Lipinski definition) is 2. The topological polar surface area (TPSA) is 70.7 Å². The molecule has 6 heteroatoms. The maximum atomic E-state index is 12.2. The lowest BCUT2D eigenvalue weighted by Gasteiger charge is -2.21. The highest BCUT2D eigenvalue weighted by molar-refractivity contribution is 5.78. The lowest BCUT2D eigenvalue weighted by atomic mass is 10.0. The van der Waals surface area contributed by atoms with Crippen LogP contribution in [0.1, 0.15) is 57.1 Å². The first-order valence-corrected chi connectivity index (χ1v) is 9.60. The van der Waals surface area contributed by atoms with E-state index in [0.717, 1.165) is 43.7 Å². The molecule has 1 atom stereocenters. The third-order valence-electron chi connectivity index (χ3n) is 4.81. The zero-order chi connectivity index (χ0) is 18.8. The molecule has 0 aromatic heterocycles. The SMILES string of the molecule is CCC(NC(=O)NCCC(=O)N1CCCCCC1)c1ccc(OC)cc1. The Labute approximate surface area is 156 Å². The molecule has 0 saturated carbocycles. The van der Waals surface area contributed by atoms with Crippen molar-refractivity contribution in [2.75, 3.05) is 26.7 Å². The van der Waals surface area contributed by atoms with Crippen molar-refractivity contribution in [3.63, 3.8) is 0 Å². The first-order chi connectivity index (χ1) is 12.6. The van der Waals surface area contributed by atoms with Crippen LogP contribution in [0.5, 0.6) is 5.75 Å². The molecule has 2 N–H and O–H groups in total. The quantitative estimate of drug-likeness (QED) is 0.783. The summed E-state index contributed by atoms with van der Waals surface area (Å²) in [5, 5.41) is 5.77. The zero-order valence-electron chi connectivity index (χ0n) is 15.9. The van der Waals surface area contributed by atoms with Crippen LogP contribution in [-0.2, 0) is 4.79 Å². The molecular weight excluding hydrogens is 330 g/mol. The smallest absolute Gasteiger partial charge is 0.315 e. The van der Waals surface area contributed by atoms with Gasteiger partial charge in [0, 0.05) is 26.1 Å². The Bertz CT molecular complexity index is 566. The van der Waals surface area contributed by atoms with Crippen LogP contribution >= 0.6 is 0 Å². The molecule has 26 heavy (non-hydrogen) atoms. The van der Waals surface area contributed by atoms with Crippen molar-refractivity contribution in [1.82, 2.24) is 15.5 Å². The van der Waals surface area contributed by atoms with Crippen molar-refractivity contribution >= 4 is 11.9 Å². The largest absolute Gasteiger partial charge is 0.497 e. The van der Waals surface area contributed by atoms with Crippen LogP contribution in [0, 0.1) is 0 Å². The predicted octanol–water partition coefficient (Wildman–Crippen LogP) is 3.24. The average Bonchev–Trinajstić information content (AvgIpc) is 2.95. The Morgan fingerprint density at radius 1 is 1.12 bits per heavy atom. The van der Waals surface area contributed by atoms with Gasteiger partial charge in [0.15, 0.2) is 0 Å². The molecule has 6 nitrogen and oxygen atoms in total. The molecule has 2 rings (SSSR count). The van der Waals surface area contributed by atoms with Crippen molar-refractivity contribution in [3.05, 3.63) is 29.8 Å². The van der Waals surface area contributed by atoms with E-state index in [1.54, 1.807) is 7.11 Å². The number of nitrogens with one attached hydrogen (secondary N) is 2. The van der Waals surface area contributed by atoms with E-state index < -0.39 is 0 Å². The first kappa shape index (κ1) is 20.1. The van der Waals surface area contributed by atoms with E-state index in [4.69, 9.17) is 4.74 Å². The molecule has 1 aliphatic rings. The minimum atomic E-state index is -0.240. The van der Waals surface area contributed by atoms with Gasteiger partial charge in [-0.2, -0.15) is 0 Å². The van der Waals surface area contributed by atoms with Crippen LogP contribution in [0.4, 0.5) is 4.79 Å². The third-order valence-corrected chi connectivity index (χ3v) is 4.81. The normalized spacial score (nSPS) is 15.7. The molecule has 1 aliphatic heterocycles. The van der Waals surface area contributed by atoms with Crippen molar-refractivity contribution in [2.24, 2.45) is 0 Å². The standard InChI is InChI=1S/C20H31N3O3/c1-3-18(16-8-10-17(26-2)11-9-16)22-20(25)21-13-12-19(24)23-14-6-4-5-7-15-23/h8-11,18H,3-7,12-15H2,1-2H3,(H2,21,22,25). The fourth-order valence-electron chi connectivity index (χ4n) is 3.23. The number of benzene rings is 1. The monoisotopic (exact) mass is 361 g/mol. The van der Waals surface area contributed by atoms with Crippen LogP contribution in [0.2, 0.25) is 0 Å². The molecule has 1 aromatic rings. The Morgan fingerprint density at radius 2 is 1.77 bits per heavy atom. The van der Waals surface area contributed by atoms with Gasteiger partial charge in [-0.05, 0) is 37.0 Å². The average molecular weight is 361 g/mol. The van der Waals surface area contributed by atoms with Crippen molar-refractivity contribution < 1.29 is 14.3 Å². The lowest BCUT2D eigenvalue weighted by molar-refractivity contribution is -0.131. The number of ether oxygens (including phenoxy) is 1. The van der Waals surface area contributed by atoms with Crippen molar-refractivity contribution in [2.45, 2.75) is 51.5 Å². The highest BCUT2D eigenvalue weighted by Crippen LogP contribution is 2.19. The van der Waals surface area contributed by atoms with Gasteiger partial charge >= 0.3 is 6.03 Å². The highest BCUT2D eigenvalue weighted by atomic mass is 16.5. The van der Waals surface area contributed by atoms with Gasteiger partial charge in [-0.15, -0.1) is 0 Å². The van der Waals surface area contributed by atoms with E-state index >= 15 is 0 Å². The maximum Gasteiger partial charge on any atom is 0.315 e. The molecule has 0 radical (unpaired) electrons. The summed E-state index contributed by atoms with van der Waals surface area (Å²) in [7, 11) is 1.63. The van der Waals surface area contributed by atoms with E-state index in [2.05, 4.69) is 10.6 Å². The van der Waals surface area contributed by atoms with Crippen molar-refractivity contribution in [1.29, 1.82) is 0 Å². The molecule has 0 bridgehead atoms. The summed E-state index contributed by atoms with van der Waals surface area (Å²) in [6.07, 6.45) is 5.71. The molecule has 3 amide bonds. The number of hydrogen-bond acceptors (Lipinski definition) is 3. The molecular formula is C20H31N3O3. The van der Waals surface area contributed by atoms with Gasteiger partial charge in [0.25, 0.3) is 0 Å². The number of methoxy groups -OCH3 is 1. The van der Waals surface area contributed by atoms with E-state index in [0.29, 0.717) is 13.0 Å². The van der Waals surface area contributed by atoms with Crippen LogP contribution in [0.25, 0.3) is 0 Å². The summed E-state index contributed by atoms with van der Waals surface area (Å²) in [5.74, 6) is 0.925. The predicted molar refractivity (Wildman–Crippen MR) is 102 cm³/mol. The van der Waals surface area contributed by atoms with Crippen LogP contribution in [0.3, 0.4) is 0 Å². The summed E-state index contributed by atoms with van der Waals surface area (Å²) < 4.78 is 5.16. The zero-order valence-corrected chi connectivity index (χ0v) is 15.9. The second-order valence-corrected chi connectivity index (χ2v) is 6.68.